The molecule has 3 nitrogen and oxygen atoms in total. The van der Waals surface area contributed by atoms with Crippen LogP contribution in [0.4, 0.5) is 0 Å². The Hall–Kier alpha value is -0.640. The Morgan fingerprint density at radius 2 is 1.39 bits per heavy atom. The van der Waals surface area contributed by atoms with Crippen molar-refractivity contribution in [2.24, 2.45) is 0 Å². The highest BCUT2D eigenvalue weighted by Crippen LogP contribution is 2.15. The molecule has 0 aliphatic rings. The Labute approximate surface area is 111 Å². The molecule has 0 radical (unpaired) electrons. The van der Waals surface area contributed by atoms with Gasteiger partial charge < -0.3 is 14.6 Å². The summed E-state index contributed by atoms with van der Waals surface area (Å²) in [6, 6.07) is 0. The summed E-state index contributed by atoms with van der Waals surface area (Å²) in [6.45, 7) is 12.6. The van der Waals surface area contributed by atoms with Crippen LogP contribution in [-0.4, -0.2) is 30.2 Å². The van der Waals surface area contributed by atoms with Gasteiger partial charge in [-0.25, -0.2) is 0 Å². The Morgan fingerprint density at radius 3 is 1.67 bits per heavy atom. The minimum Gasteiger partial charge on any atom is -0.390 e. The second-order valence-electron chi connectivity index (χ2n) is 5.68. The SMILES string of the molecule is CC(C)=CCOC(CC(C)(C)O)OCC=C(C)C. The number of ether oxygens (including phenoxy) is 2. The van der Waals surface area contributed by atoms with Gasteiger partial charge in [0.25, 0.3) is 0 Å². The molecule has 0 aromatic rings. The largest absolute Gasteiger partial charge is 0.390 e. The first-order chi connectivity index (χ1) is 8.20. The summed E-state index contributed by atoms with van der Waals surface area (Å²) in [6.07, 6.45) is 4.08. The molecule has 0 heterocycles. The molecule has 0 unspecified atom stereocenters. The van der Waals surface area contributed by atoms with Gasteiger partial charge in [-0.3, -0.25) is 0 Å². The molecule has 0 aromatic heterocycles. The quantitative estimate of drug-likeness (QED) is 0.534. The lowest BCUT2D eigenvalue weighted by atomic mass is 10.1. The second-order valence-corrected chi connectivity index (χ2v) is 5.68. The van der Waals surface area contributed by atoms with Crippen LogP contribution in [0.1, 0.15) is 48.0 Å². The zero-order valence-corrected chi connectivity index (χ0v) is 12.6. The van der Waals surface area contributed by atoms with Crippen molar-refractivity contribution >= 4 is 0 Å². The van der Waals surface area contributed by atoms with E-state index in [1.165, 1.54) is 11.1 Å². The summed E-state index contributed by atoms with van der Waals surface area (Å²) >= 11 is 0. The molecule has 106 valence electrons. The van der Waals surface area contributed by atoms with Crippen molar-refractivity contribution in [2.45, 2.75) is 59.9 Å². The smallest absolute Gasteiger partial charge is 0.161 e. The molecular formula is C15H28O3. The van der Waals surface area contributed by atoms with Crippen molar-refractivity contribution in [3.8, 4) is 0 Å². The summed E-state index contributed by atoms with van der Waals surface area (Å²) in [4.78, 5) is 0. The standard InChI is InChI=1S/C15H28O3/c1-12(2)7-9-17-14(11-15(5,6)16)18-10-8-13(3)4/h7-8,14,16H,9-11H2,1-6H3. The maximum absolute atomic E-state index is 9.81. The molecule has 0 fully saturated rings. The van der Waals surface area contributed by atoms with Crippen LogP contribution in [-0.2, 0) is 9.47 Å². The predicted molar refractivity (Wildman–Crippen MR) is 75.5 cm³/mol. The van der Waals surface area contributed by atoms with Gasteiger partial charge in [-0.05, 0) is 41.5 Å². The van der Waals surface area contributed by atoms with E-state index in [0.29, 0.717) is 19.6 Å². The number of allylic oxidation sites excluding steroid dienone is 2. The lowest BCUT2D eigenvalue weighted by Crippen LogP contribution is -2.30. The molecule has 0 aliphatic carbocycles. The third-order valence-corrected chi connectivity index (χ3v) is 2.21. The van der Waals surface area contributed by atoms with Crippen LogP contribution in [0, 0.1) is 0 Å². The maximum atomic E-state index is 9.81. The van der Waals surface area contributed by atoms with E-state index >= 15 is 0 Å². The topological polar surface area (TPSA) is 38.7 Å². The molecule has 3 heteroatoms. The summed E-state index contributed by atoms with van der Waals surface area (Å²) in [5, 5.41) is 9.81. The van der Waals surface area contributed by atoms with Gasteiger partial charge in [0.05, 0.1) is 18.8 Å². The average Bonchev–Trinajstić information content (AvgIpc) is 2.13. The lowest BCUT2D eigenvalue weighted by molar-refractivity contribution is -0.156. The van der Waals surface area contributed by atoms with E-state index in [2.05, 4.69) is 0 Å². The van der Waals surface area contributed by atoms with Crippen molar-refractivity contribution in [1.29, 1.82) is 0 Å². The molecule has 0 saturated heterocycles. The molecule has 0 amide bonds. The highest BCUT2D eigenvalue weighted by molar-refractivity contribution is 4.93. The van der Waals surface area contributed by atoms with Crippen molar-refractivity contribution < 1.29 is 14.6 Å². The third kappa shape index (κ3) is 11.8. The predicted octanol–water partition coefficient (Wildman–Crippen LogP) is 3.44. The van der Waals surface area contributed by atoms with E-state index in [-0.39, 0.29) is 6.29 Å². The van der Waals surface area contributed by atoms with E-state index in [1.807, 2.05) is 39.8 Å². The minimum absolute atomic E-state index is 0.379. The van der Waals surface area contributed by atoms with Crippen LogP contribution in [0.2, 0.25) is 0 Å². The summed E-state index contributed by atoms with van der Waals surface area (Å²) in [7, 11) is 0. The number of rotatable bonds is 8. The van der Waals surface area contributed by atoms with Crippen LogP contribution in [0.3, 0.4) is 0 Å². The normalized spacial score (nSPS) is 11.6. The van der Waals surface area contributed by atoms with Crippen LogP contribution < -0.4 is 0 Å². The first-order valence-electron chi connectivity index (χ1n) is 6.43. The molecule has 0 aliphatic heterocycles. The Morgan fingerprint density at radius 1 is 1.00 bits per heavy atom. The Kier molecular flexibility index (Phi) is 8.16. The van der Waals surface area contributed by atoms with E-state index in [9.17, 15) is 5.11 Å². The molecule has 0 spiro atoms. The highest BCUT2D eigenvalue weighted by atomic mass is 16.7. The maximum Gasteiger partial charge on any atom is 0.161 e. The van der Waals surface area contributed by atoms with Gasteiger partial charge in [0.15, 0.2) is 6.29 Å². The molecule has 18 heavy (non-hydrogen) atoms. The molecule has 1 N–H and O–H groups in total. The first-order valence-corrected chi connectivity index (χ1v) is 6.43. The van der Waals surface area contributed by atoms with Crippen molar-refractivity contribution in [2.75, 3.05) is 13.2 Å². The monoisotopic (exact) mass is 256 g/mol. The van der Waals surface area contributed by atoms with E-state index in [4.69, 9.17) is 9.47 Å². The van der Waals surface area contributed by atoms with Crippen LogP contribution >= 0.6 is 0 Å². The van der Waals surface area contributed by atoms with E-state index < -0.39 is 5.60 Å². The molecule has 0 rings (SSSR count). The number of hydrogen-bond acceptors (Lipinski definition) is 3. The zero-order valence-electron chi connectivity index (χ0n) is 12.6. The van der Waals surface area contributed by atoms with Crippen LogP contribution in [0.25, 0.3) is 0 Å². The Bertz CT molecular complexity index is 255. The summed E-state index contributed by atoms with van der Waals surface area (Å²) in [5.74, 6) is 0. The van der Waals surface area contributed by atoms with Gasteiger partial charge in [0, 0.05) is 6.42 Å². The van der Waals surface area contributed by atoms with Crippen molar-refractivity contribution in [1.82, 2.24) is 0 Å². The molecule has 0 bridgehead atoms. The fraction of sp³-hybridized carbons (Fsp3) is 0.733. The zero-order chi connectivity index (χ0) is 14.2. The van der Waals surface area contributed by atoms with E-state index in [0.717, 1.165) is 0 Å². The van der Waals surface area contributed by atoms with Crippen molar-refractivity contribution in [3.63, 3.8) is 0 Å². The number of aliphatic hydroxyl groups is 1. The van der Waals surface area contributed by atoms with Crippen molar-refractivity contribution in [3.05, 3.63) is 23.3 Å². The average molecular weight is 256 g/mol. The summed E-state index contributed by atoms with van der Waals surface area (Å²) < 4.78 is 11.2. The number of hydrogen-bond donors (Lipinski definition) is 1. The van der Waals surface area contributed by atoms with Crippen LogP contribution in [0.15, 0.2) is 23.3 Å². The van der Waals surface area contributed by atoms with Gasteiger partial charge in [0.2, 0.25) is 0 Å². The molecule has 0 saturated carbocycles. The lowest BCUT2D eigenvalue weighted by Gasteiger charge is -2.24. The molecule has 0 atom stereocenters. The van der Waals surface area contributed by atoms with E-state index in [1.54, 1.807) is 13.8 Å². The van der Waals surface area contributed by atoms with Gasteiger partial charge in [-0.15, -0.1) is 0 Å². The third-order valence-electron chi connectivity index (χ3n) is 2.21. The fourth-order valence-corrected chi connectivity index (χ4v) is 1.22. The summed E-state index contributed by atoms with van der Waals surface area (Å²) in [5.41, 5.74) is 1.63. The Balaban J connectivity index is 4.25. The second kappa shape index (κ2) is 8.46. The highest BCUT2D eigenvalue weighted by Gasteiger charge is 2.21. The van der Waals surface area contributed by atoms with Gasteiger partial charge >= 0.3 is 0 Å². The van der Waals surface area contributed by atoms with Gasteiger partial charge in [0.1, 0.15) is 0 Å². The first kappa shape index (κ1) is 17.4. The molecular weight excluding hydrogens is 228 g/mol. The fourth-order valence-electron chi connectivity index (χ4n) is 1.22. The van der Waals surface area contributed by atoms with Gasteiger partial charge in [-0.2, -0.15) is 0 Å². The van der Waals surface area contributed by atoms with Crippen LogP contribution in [0.5, 0.6) is 0 Å². The minimum atomic E-state index is -0.791. The molecule has 0 aromatic carbocycles. The van der Waals surface area contributed by atoms with Gasteiger partial charge in [-0.1, -0.05) is 23.3 Å².